The average Bonchev–Trinajstić information content (AvgIpc) is 3.10. The van der Waals surface area contributed by atoms with Crippen LogP contribution in [0.5, 0.6) is 0 Å². The number of nitrogens with zero attached hydrogens (tertiary/aromatic N) is 2. The Morgan fingerprint density at radius 3 is 2.64 bits per heavy atom. The fraction of sp³-hybridized carbons (Fsp3) is 0.263. The van der Waals surface area contributed by atoms with Crippen LogP contribution in [0, 0.1) is 0 Å². The topological polar surface area (TPSA) is 79.4 Å². The molecule has 0 radical (unpaired) electrons. The number of piperidine rings is 1. The molecule has 0 unspecified atom stereocenters. The van der Waals surface area contributed by atoms with Gasteiger partial charge in [0.2, 0.25) is 10.0 Å². The van der Waals surface area contributed by atoms with Gasteiger partial charge in [-0.2, -0.15) is 4.31 Å². The Balaban J connectivity index is 1.64. The van der Waals surface area contributed by atoms with Crippen molar-refractivity contribution in [3.05, 3.63) is 53.1 Å². The molecule has 0 atom stereocenters. The quantitative estimate of drug-likeness (QED) is 0.659. The molecule has 1 fully saturated rings. The third kappa shape index (κ3) is 3.77. The number of amides is 1. The average molecular weight is 436 g/mol. The van der Waals surface area contributed by atoms with E-state index in [0.29, 0.717) is 28.8 Å². The minimum absolute atomic E-state index is 0.0264. The molecule has 9 heteroatoms. The molecule has 0 saturated carbocycles. The molecule has 28 heavy (non-hydrogen) atoms. The first-order chi connectivity index (χ1) is 13.4. The number of sulfonamides is 1. The largest absolute Gasteiger partial charge is 0.298 e. The molecule has 6 nitrogen and oxygen atoms in total. The molecule has 0 aliphatic carbocycles. The van der Waals surface area contributed by atoms with Crippen molar-refractivity contribution in [2.45, 2.75) is 24.2 Å². The van der Waals surface area contributed by atoms with E-state index in [2.05, 4.69) is 10.3 Å². The maximum Gasteiger partial charge on any atom is 0.258 e. The van der Waals surface area contributed by atoms with Crippen molar-refractivity contribution < 1.29 is 13.2 Å². The van der Waals surface area contributed by atoms with Crippen LogP contribution < -0.4 is 5.32 Å². The number of nitrogens with one attached hydrogen (secondary N) is 1. The molecule has 1 aromatic heterocycles. The van der Waals surface area contributed by atoms with E-state index in [4.69, 9.17) is 11.6 Å². The van der Waals surface area contributed by atoms with Crippen molar-refractivity contribution in [2.24, 2.45) is 0 Å². The second-order valence-electron chi connectivity index (χ2n) is 6.55. The van der Waals surface area contributed by atoms with Crippen molar-refractivity contribution in [1.82, 2.24) is 9.29 Å². The third-order valence-electron chi connectivity index (χ3n) is 4.63. The van der Waals surface area contributed by atoms with E-state index in [1.54, 1.807) is 24.3 Å². The highest BCUT2D eigenvalue weighted by Crippen LogP contribution is 2.29. The highest BCUT2D eigenvalue weighted by molar-refractivity contribution is 7.89. The van der Waals surface area contributed by atoms with E-state index >= 15 is 0 Å². The second-order valence-corrected chi connectivity index (χ2v) is 9.92. The standard InChI is InChI=1S/C19H18ClN3O3S2/c20-13-8-9-16-15(12-13)21-19(27-16)22-18(24)14-6-2-3-7-17(14)28(25,26)23-10-4-1-5-11-23/h2-3,6-9,12H,1,4-5,10-11H2,(H,21,22,24). The van der Waals surface area contributed by atoms with Gasteiger partial charge < -0.3 is 0 Å². The van der Waals surface area contributed by atoms with Crippen molar-refractivity contribution in [3.63, 3.8) is 0 Å². The fourth-order valence-electron chi connectivity index (χ4n) is 3.24. The van der Waals surface area contributed by atoms with Crippen molar-refractivity contribution in [1.29, 1.82) is 0 Å². The molecule has 4 rings (SSSR count). The Bertz CT molecular complexity index is 1140. The lowest BCUT2D eigenvalue weighted by atomic mass is 10.2. The minimum Gasteiger partial charge on any atom is -0.298 e. The summed E-state index contributed by atoms with van der Waals surface area (Å²) in [5.41, 5.74) is 0.799. The number of hydrogen-bond acceptors (Lipinski definition) is 5. The van der Waals surface area contributed by atoms with Crippen LogP contribution in [0.25, 0.3) is 10.2 Å². The van der Waals surface area contributed by atoms with Gasteiger partial charge in [0.05, 0.1) is 20.7 Å². The minimum atomic E-state index is -3.72. The maximum atomic E-state index is 13.1. The van der Waals surface area contributed by atoms with Crippen LogP contribution in [0.4, 0.5) is 5.13 Å². The zero-order valence-corrected chi connectivity index (χ0v) is 17.3. The lowest BCUT2D eigenvalue weighted by molar-refractivity contribution is 0.102. The third-order valence-corrected chi connectivity index (χ3v) is 7.78. The van der Waals surface area contributed by atoms with Crippen molar-refractivity contribution in [2.75, 3.05) is 18.4 Å². The number of carbonyl (C=O) groups is 1. The van der Waals surface area contributed by atoms with E-state index in [0.717, 1.165) is 24.0 Å². The predicted molar refractivity (Wildman–Crippen MR) is 112 cm³/mol. The molecule has 2 heterocycles. The molecule has 1 saturated heterocycles. The number of anilines is 1. The summed E-state index contributed by atoms with van der Waals surface area (Å²) < 4.78 is 28.5. The van der Waals surface area contributed by atoms with Crippen molar-refractivity contribution >= 4 is 54.2 Å². The van der Waals surface area contributed by atoms with E-state index in [1.807, 2.05) is 6.07 Å². The summed E-state index contributed by atoms with van der Waals surface area (Å²) in [4.78, 5) is 17.2. The zero-order valence-electron chi connectivity index (χ0n) is 14.9. The first-order valence-electron chi connectivity index (χ1n) is 8.92. The van der Waals surface area contributed by atoms with Crippen LogP contribution in [-0.2, 0) is 10.0 Å². The molecule has 1 amide bonds. The smallest absolute Gasteiger partial charge is 0.258 e. The Labute approximate surface area is 172 Å². The zero-order chi connectivity index (χ0) is 19.7. The molecule has 3 aromatic rings. The normalized spacial score (nSPS) is 15.6. The molecule has 1 aliphatic heterocycles. The summed E-state index contributed by atoms with van der Waals surface area (Å²) in [7, 11) is -3.72. The first kappa shape index (κ1) is 19.3. The predicted octanol–water partition coefficient (Wildman–Crippen LogP) is 4.38. The fourth-order valence-corrected chi connectivity index (χ4v) is 5.96. The van der Waals surface area contributed by atoms with E-state index < -0.39 is 15.9 Å². The van der Waals surface area contributed by atoms with Gasteiger partial charge in [-0.15, -0.1) is 0 Å². The highest BCUT2D eigenvalue weighted by Gasteiger charge is 2.30. The number of carbonyl (C=O) groups excluding carboxylic acids is 1. The van der Waals surface area contributed by atoms with Gasteiger partial charge >= 0.3 is 0 Å². The molecule has 0 spiro atoms. The molecule has 146 valence electrons. The first-order valence-corrected chi connectivity index (χ1v) is 11.6. The van der Waals surface area contributed by atoms with Gasteiger partial charge in [0.1, 0.15) is 0 Å². The number of benzene rings is 2. The van der Waals surface area contributed by atoms with Gasteiger partial charge in [0.15, 0.2) is 5.13 Å². The van der Waals surface area contributed by atoms with Crippen LogP contribution in [0.15, 0.2) is 47.4 Å². The van der Waals surface area contributed by atoms with Crippen LogP contribution in [0.3, 0.4) is 0 Å². The second kappa shape index (κ2) is 7.79. The van der Waals surface area contributed by atoms with E-state index in [9.17, 15) is 13.2 Å². The number of fused-ring (bicyclic) bond motifs is 1. The lowest BCUT2D eigenvalue weighted by Gasteiger charge is -2.26. The van der Waals surface area contributed by atoms with Crippen LogP contribution in [0.1, 0.15) is 29.6 Å². The van der Waals surface area contributed by atoms with E-state index in [-0.39, 0.29) is 10.5 Å². The van der Waals surface area contributed by atoms with Gasteiger partial charge in [-0.05, 0) is 43.2 Å². The number of halogens is 1. The Kier molecular flexibility index (Phi) is 5.37. The number of aromatic nitrogens is 1. The van der Waals surface area contributed by atoms with Crippen molar-refractivity contribution in [3.8, 4) is 0 Å². The maximum absolute atomic E-state index is 13.1. The highest BCUT2D eigenvalue weighted by atomic mass is 35.5. The molecule has 1 aliphatic rings. The SMILES string of the molecule is O=C(Nc1nc2cc(Cl)ccc2s1)c1ccccc1S(=O)(=O)N1CCCCC1. The summed E-state index contributed by atoms with van der Waals surface area (Å²) in [5.74, 6) is -0.499. The van der Waals surface area contributed by atoms with Gasteiger partial charge in [0.25, 0.3) is 5.91 Å². The van der Waals surface area contributed by atoms with Crippen LogP contribution >= 0.6 is 22.9 Å². The molecular weight excluding hydrogens is 418 g/mol. The van der Waals surface area contributed by atoms with Gasteiger partial charge in [-0.25, -0.2) is 13.4 Å². The number of thiazole rings is 1. The Hall–Kier alpha value is -2.00. The van der Waals surface area contributed by atoms with Gasteiger partial charge in [-0.3, -0.25) is 10.1 Å². The number of rotatable bonds is 4. The molecular formula is C19H18ClN3O3S2. The molecule has 1 N–H and O–H groups in total. The summed E-state index contributed by atoms with van der Waals surface area (Å²) in [6.07, 6.45) is 2.69. The Morgan fingerprint density at radius 1 is 1.11 bits per heavy atom. The summed E-state index contributed by atoms with van der Waals surface area (Å²) in [6, 6.07) is 11.6. The Morgan fingerprint density at radius 2 is 1.86 bits per heavy atom. The molecule has 2 aromatic carbocycles. The van der Waals surface area contributed by atoms with Gasteiger partial charge in [-0.1, -0.05) is 41.5 Å². The summed E-state index contributed by atoms with van der Waals surface area (Å²) in [5, 5.41) is 3.68. The molecule has 0 bridgehead atoms. The van der Waals surface area contributed by atoms with Crippen LogP contribution in [0.2, 0.25) is 5.02 Å². The van der Waals surface area contributed by atoms with Gasteiger partial charge in [0, 0.05) is 18.1 Å². The number of hydrogen-bond donors (Lipinski definition) is 1. The van der Waals surface area contributed by atoms with Crippen LogP contribution in [-0.4, -0.2) is 36.7 Å². The van der Waals surface area contributed by atoms with E-state index in [1.165, 1.54) is 27.8 Å². The lowest BCUT2D eigenvalue weighted by Crippen LogP contribution is -2.36. The summed E-state index contributed by atoms with van der Waals surface area (Å²) in [6.45, 7) is 0.966. The monoisotopic (exact) mass is 435 g/mol. The summed E-state index contributed by atoms with van der Waals surface area (Å²) >= 11 is 7.29.